The Morgan fingerprint density at radius 2 is 1.94 bits per heavy atom. The van der Waals surface area contributed by atoms with Gasteiger partial charge in [-0.15, -0.1) is 0 Å². The Bertz CT molecular complexity index is 516. The third kappa shape index (κ3) is 2.36. The number of halogens is 2. The lowest BCUT2D eigenvalue weighted by Crippen LogP contribution is -2.16. The maximum absolute atomic E-state index is 6.08. The van der Waals surface area contributed by atoms with Crippen LogP contribution in [0.15, 0.2) is 46.0 Å². The zero-order valence-electron chi connectivity index (χ0n) is 9.96. The van der Waals surface area contributed by atoms with Gasteiger partial charge in [-0.2, -0.15) is 0 Å². The molecule has 0 saturated heterocycles. The molecule has 1 unspecified atom stereocenters. The van der Waals surface area contributed by atoms with E-state index in [0.29, 0.717) is 0 Å². The number of allylic oxidation sites excluding steroid dienone is 2. The van der Waals surface area contributed by atoms with Crippen molar-refractivity contribution in [3.8, 4) is 5.75 Å². The minimum atomic E-state index is 0.187. The van der Waals surface area contributed by atoms with Gasteiger partial charge in [-0.05, 0) is 49.9 Å². The van der Waals surface area contributed by atoms with Crippen LogP contribution in [-0.4, -0.2) is 6.10 Å². The Kier molecular flexibility index (Phi) is 3.49. The smallest absolute Gasteiger partial charge is 0.125 e. The molecule has 0 heterocycles. The van der Waals surface area contributed by atoms with E-state index >= 15 is 0 Å². The van der Waals surface area contributed by atoms with Crippen molar-refractivity contribution in [3.05, 3.63) is 51.0 Å². The van der Waals surface area contributed by atoms with Crippen LogP contribution in [0.2, 0.25) is 5.02 Å². The lowest BCUT2D eigenvalue weighted by atomic mass is 10.00. The van der Waals surface area contributed by atoms with Gasteiger partial charge < -0.3 is 4.74 Å². The molecule has 3 heteroatoms. The zero-order chi connectivity index (χ0) is 12.5. The predicted molar refractivity (Wildman–Crippen MR) is 78.4 cm³/mol. The van der Waals surface area contributed by atoms with Crippen LogP contribution < -0.4 is 4.74 Å². The molecule has 0 aliphatic heterocycles. The topological polar surface area (TPSA) is 9.23 Å². The summed E-state index contributed by atoms with van der Waals surface area (Å²) in [6.07, 6.45) is 7.01. The van der Waals surface area contributed by atoms with Crippen LogP contribution >= 0.6 is 27.5 Å². The molecule has 2 aliphatic rings. The highest BCUT2D eigenvalue weighted by Gasteiger charge is 2.30. The molecule has 18 heavy (non-hydrogen) atoms. The minimum Gasteiger partial charge on any atom is -0.486 e. The molecule has 0 radical (unpaired) electrons. The molecule has 0 aromatic heterocycles. The minimum absolute atomic E-state index is 0.187. The van der Waals surface area contributed by atoms with Gasteiger partial charge in [0.2, 0.25) is 0 Å². The molecule has 1 aromatic rings. The third-order valence-corrected chi connectivity index (χ3v) is 4.53. The van der Waals surface area contributed by atoms with E-state index in [1.165, 1.54) is 16.5 Å². The second-order valence-electron chi connectivity index (χ2n) is 4.71. The molecule has 0 N–H and O–H groups in total. The van der Waals surface area contributed by atoms with Gasteiger partial charge in [0.05, 0.1) is 0 Å². The van der Waals surface area contributed by atoms with Gasteiger partial charge in [0.25, 0.3) is 0 Å². The molecule has 0 fully saturated rings. The molecule has 3 rings (SSSR count). The Morgan fingerprint density at radius 3 is 2.72 bits per heavy atom. The average molecular weight is 326 g/mol. The molecule has 1 nitrogen and oxygen atoms in total. The maximum Gasteiger partial charge on any atom is 0.125 e. The summed E-state index contributed by atoms with van der Waals surface area (Å²) in [5.41, 5.74) is 2.93. The summed E-state index contributed by atoms with van der Waals surface area (Å²) >= 11 is 9.54. The van der Waals surface area contributed by atoms with Gasteiger partial charge in [-0.3, -0.25) is 0 Å². The average Bonchev–Trinajstić information content (AvgIpc) is 2.77. The molecular formula is C15H14BrClO. The van der Waals surface area contributed by atoms with Crippen LogP contribution in [0.4, 0.5) is 0 Å². The molecule has 94 valence electrons. The first kappa shape index (κ1) is 12.3. The van der Waals surface area contributed by atoms with Gasteiger partial charge in [0.15, 0.2) is 0 Å². The Morgan fingerprint density at radius 1 is 1.17 bits per heavy atom. The van der Waals surface area contributed by atoms with Crippen LogP contribution in [0.25, 0.3) is 0 Å². The number of hydrogen-bond acceptors (Lipinski definition) is 1. The van der Waals surface area contributed by atoms with E-state index in [-0.39, 0.29) is 6.10 Å². The van der Waals surface area contributed by atoms with Gasteiger partial charge in [-0.25, -0.2) is 0 Å². The third-order valence-electron chi connectivity index (χ3n) is 3.53. The van der Waals surface area contributed by atoms with Crippen molar-refractivity contribution in [2.24, 2.45) is 0 Å². The summed E-state index contributed by atoms with van der Waals surface area (Å²) in [5, 5.41) is 0.743. The first-order valence-electron chi connectivity index (χ1n) is 6.24. The van der Waals surface area contributed by atoms with Gasteiger partial charge >= 0.3 is 0 Å². The molecule has 1 aromatic carbocycles. The molecule has 0 spiro atoms. The van der Waals surface area contributed by atoms with Crippen molar-refractivity contribution >= 4 is 27.5 Å². The Labute approximate surface area is 121 Å². The monoisotopic (exact) mass is 324 g/mol. The largest absolute Gasteiger partial charge is 0.486 e. The summed E-state index contributed by atoms with van der Waals surface area (Å²) in [5.74, 6) is 0.893. The van der Waals surface area contributed by atoms with E-state index in [1.807, 2.05) is 24.3 Å². The molecular weight excluding hydrogens is 312 g/mol. The summed E-state index contributed by atoms with van der Waals surface area (Å²) < 4.78 is 7.31. The fraction of sp³-hybridized carbons (Fsp3) is 0.333. The Hall–Kier alpha value is -0.730. The predicted octanol–water partition coefficient (Wildman–Crippen LogP) is 5.25. The van der Waals surface area contributed by atoms with Crippen LogP contribution in [0.1, 0.15) is 25.7 Å². The maximum atomic E-state index is 6.08. The van der Waals surface area contributed by atoms with E-state index in [4.69, 9.17) is 16.3 Å². The van der Waals surface area contributed by atoms with Gasteiger partial charge in [-0.1, -0.05) is 39.2 Å². The lowest BCUT2D eigenvalue weighted by molar-refractivity contribution is 0.241. The SMILES string of the molecule is Clc1ccc(OC2CCC3=C2C(Br)=CCC3)cc1. The van der Waals surface area contributed by atoms with Crippen LogP contribution in [0.5, 0.6) is 5.75 Å². The van der Waals surface area contributed by atoms with E-state index in [2.05, 4.69) is 22.0 Å². The van der Waals surface area contributed by atoms with Crippen molar-refractivity contribution in [1.82, 2.24) is 0 Å². The lowest BCUT2D eigenvalue weighted by Gasteiger charge is -2.20. The number of ether oxygens (including phenoxy) is 1. The quantitative estimate of drug-likeness (QED) is 0.721. The van der Waals surface area contributed by atoms with Crippen molar-refractivity contribution in [2.75, 3.05) is 0 Å². The highest BCUT2D eigenvalue weighted by atomic mass is 79.9. The molecule has 0 saturated carbocycles. The van der Waals surface area contributed by atoms with Crippen molar-refractivity contribution < 1.29 is 4.74 Å². The second-order valence-corrected chi connectivity index (χ2v) is 6.00. The Balaban J connectivity index is 1.80. The fourth-order valence-electron chi connectivity index (χ4n) is 2.67. The van der Waals surface area contributed by atoms with Crippen LogP contribution in [0, 0.1) is 0 Å². The first-order valence-corrected chi connectivity index (χ1v) is 7.41. The summed E-state index contributed by atoms with van der Waals surface area (Å²) in [6, 6.07) is 7.60. The molecule has 2 aliphatic carbocycles. The van der Waals surface area contributed by atoms with Crippen molar-refractivity contribution in [3.63, 3.8) is 0 Å². The van der Waals surface area contributed by atoms with Crippen LogP contribution in [-0.2, 0) is 0 Å². The van der Waals surface area contributed by atoms with Crippen LogP contribution in [0.3, 0.4) is 0 Å². The summed E-state index contributed by atoms with van der Waals surface area (Å²) in [4.78, 5) is 0. The number of benzene rings is 1. The highest BCUT2D eigenvalue weighted by molar-refractivity contribution is 9.12. The summed E-state index contributed by atoms with van der Waals surface area (Å²) in [7, 11) is 0. The van der Waals surface area contributed by atoms with Gasteiger partial charge in [0.1, 0.15) is 11.9 Å². The van der Waals surface area contributed by atoms with Gasteiger partial charge in [0, 0.05) is 15.1 Å². The van der Waals surface area contributed by atoms with E-state index < -0.39 is 0 Å². The fourth-order valence-corrected chi connectivity index (χ4v) is 3.56. The van der Waals surface area contributed by atoms with Crippen molar-refractivity contribution in [2.45, 2.75) is 31.8 Å². The van der Waals surface area contributed by atoms with E-state index in [9.17, 15) is 0 Å². The zero-order valence-corrected chi connectivity index (χ0v) is 12.3. The molecule has 0 amide bonds. The highest BCUT2D eigenvalue weighted by Crippen LogP contribution is 2.41. The number of hydrogen-bond donors (Lipinski definition) is 0. The molecule has 1 atom stereocenters. The van der Waals surface area contributed by atoms with E-state index in [0.717, 1.165) is 30.0 Å². The first-order chi connectivity index (χ1) is 8.74. The van der Waals surface area contributed by atoms with E-state index in [1.54, 1.807) is 5.57 Å². The second kappa shape index (κ2) is 5.10. The number of rotatable bonds is 2. The molecule has 0 bridgehead atoms. The standard InChI is InChI=1S/C15H14BrClO/c16-13-3-1-2-10-4-9-14(15(10)13)18-12-7-5-11(17)6-8-12/h3,5-8,14H,1-2,4,9H2. The summed E-state index contributed by atoms with van der Waals surface area (Å²) in [6.45, 7) is 0. The normalized spacial score (nSPS) is 22.8. The van der Waals surface area contributed by atoms with Crippen molar-refractivity contribution in [1.29, 1.82) is 0 Å².